The van der Waals surface area contributed by atoms with Crippen LogP contribution in [-0.4, -0.2) is 8.42 Å². The minimum atomic E-state index is -3.40. The van der Waals surface area contributed by atoms with E-state index < -0.39 is 9.84 Å². The van der Waals surface area contributed by atoms with Crippen molar-refractivity contribution in [3.8, 4) is 0 Å². The maximum absolute atomic E-state index is 12.4. The molecule has 1 aliphatic carbocycles. The quantitative estimate of drug-likeness (QED) is 0.813. The van der Waals surface area contributed by atoms with Crippen LogP contribution >= 0.6 is 0 Å². The summed E-state index contributed by atoms with van der Waals surface area (Å²) in [6, 6.07) is 8.53. The van der Waals surface area contributed by atoms with Crippen molar-refractivity contribution < 1.29 is 8.42 Å². The maximum Gasteiger partial charge on any atom is 0.206 e. The Bertz CT molecular complexity index is 605. The number of benzene rings is 1. The third-order valence-corrected chi connectivity index (χ3v) is 4.67. The average Bonchev–Trinajstić information content (AvgIpc) is 2.35. The molecular formula is C15H16O2S. The van der Waals surface area contributed by atoms with Gasteiger partial charge in [-0.25, -0.2) is 8.42 Å². The van der Waals surface area contributed by atoms with Crippen molar-refractivity contribution in [3.63, 3.8) is 0 Å². The van der Waals surface area contributed by atoms with Gasteiger partial charge < -0.3 is 0 Å². The van der Waals surface area contributed by atoms with Crippen LogP contribution in [0.5, 0.6) is 0 Å². The topological polar surface area (TPSA) is 34.1 Å². The van der Waals surface area contributed by atoms with Gasteiger partial charge >= 0.3 is 0 Å². The molecule has 0 unspecified atom stereocenters. The number of allylic oxidation sites excluding steroid dienone is 5. The van der Waals surface area contributed by atoms with E-state index in [9.17, 15) is 8.42 Å². The molecule has 0 amide bonds. The normalized spacial score (nSPS) is 16.5. The molecule has 0 aliphatic heterocycles. The van der Waals surface area contributed by atoms with Gasteiger partial charge in [0.2, 0.25) is 9.84 Å². The maximum atomic E-state index is 12.4. The zero-order chi connectivity index (χ0) is 13.0. The lowest BCUT2D eigenvalue weighted by Crippen LogP contribution is -2.03. The average molecular weight is 260 g/mol. The highest BCUT2D eigenvalue weighted by atomic mass is 32.2. The van der Waals surface area contributed by atoms with Gasteiger partial charge in [0.15, 0.2) is 0 Å². The Labute approximate surface area is 108 Å². The molecular weight excluding hydrogens is 244 g/mol. The summed E-state index contributed by atoms with van der Waals surface area (Å²) in [5, 5.41) is 0. The molecule has 1 aromatic carbocycles. The standard InChI is InChI=1S/C15H16O2S/c1-13-7-5-6-10-15(12-11-13)18(16,17)14-8-3-2-4-9-14/h2-4,6,8-12H,5,7H2,1H3. The molecule has 0 heterocycles. The van der Waals surface area contributed by atoms with Crippen LogP contribution in [0.25, 0.3) is 0 Å². The van der Waals surface area contributed by atoms with Crippen molar-refractivity contribution in [2.45, 2.75) is 24.7 Å². The highest BCUT2D eigenvalue weighted by molar-refractivity contribution is 7.95. The van der Waals surface area contributed by atoms with E-state index in [1.165, 1.54) is 5.57 Å². The molecule has 0 bridgehead atoms. The van der Waals surface area contributed by atoms with Gasteiger partial charge in [-0.2, -0.15) is 0 Å². The second-order valence-corrected chi connectivity index (χ2v) is 6.29. The number of hydrogen-bond donors (Lipinski definition) is 0. The molecule has 1 aliphatic rings. The van der Waals surface area contributed by atoms with Gasteiger partial charge in [-0.3, -0.25) is 0 Å². The van der Waals surface area contributed by atoms with Crippen LogP contribution in [0.1, 0.15) is 19.8 Å². The summed E-state index contributed by atoms with van der Waals surface area (Å²) in [6.45, 7) is 2.02. The minimum Gasteiger partial charge on any atom is -0.219 e. The zero-order valence-corrected chi connectivity index (χ0v) is 11.2. The lowest BCUT2D eigenvalue weighted by atomic mass is 10.1. The van der Waals surface area contributed by atoms with E-state index in [1.807, 2.05) is 25.1 Å². The molecule has 2 rings (SSSR count). The van der Waals surface area contributed by atoms with E-state index in [1.54, 1.807) is 36.4 Å². The van der Waals surface area contributed by atoms with Crippen LogP contribution in [0.4, 0.5) is 0 Å². The lowest BCUT2D eigenvalue weighted by molar-refractivity contribution is 0.603. The van der Waals surface area contributed by atoms with Crippen molar-refractivity contribution >= 4 is 9.84 Å². The highest BCUT2D eigenvalue weighted by Gasteiger charge is 2.17. The summed E-state index contributed by atoms with van der Waals surface area (Å²) >= 11 is 0. The van der Waals surface area contributed by atoms with Crippen LogP contribution in [0.2, 0.25) is 0 Å². The third kappa shape index (κ3) is 2.79. The van der Waals surface area contributed by atoms with Crippen LogP contribution < -0.4 is 0 Å². The van der Waals surface area contributed by atoms with Gasteiger partial charge in [-0.15, -0.1) is 0 Å². The highest BCUT2D eigenvalue weighted by Crippen LogP contribution is 2.22. The van der Waals surface area contributed by atoms with Crippen LogP contribution in [-0.2, 0) is 9.84 Å². The van der Waals surface area contributed by atoms with Gasteiger partial charge in [0.05, 0.1) is 9.80 Å². The second kappa shape index (κ2) is 5.36. The molecule has 0 saturated heterocycles. The minimum absolute atomic E-state index is 0.340. The van der Waals surface area contributed by atoms with Gasteiger partial charge in [0, 0.05) is 0 Å². The fourth-order valence-corrected chi connectivity index (χ4v) is 3.10. The van der Waals surface area contributed by atoms with Crippen LogP contribution in [0.3, 0.4) is 0 Å². The van der Waals surface area contributed by atoms with E-state index in [-0.39, 0.29) is 0 Å². The predicted molar refractivity (Wildman–Crippen MR) is 73.8 cm³/mol. The van der Waals surface area contributed by atoms with E-state index in [2.05, 4.69) is 0 Å². The molecule has 0 radical (unpaired) electrons. The molecule has 0 fully saturated rings. The van der Waals surface area contributed by atoms with E-state index in [4.69, 9.17) is 0 Å². The summed E-state index contributed by atoms with van der Waals surface area (Å²) in [4.78, 5) is 0.695. The first kappa shape index (κ1) is 12.8. The van der Waals surface area contributed by atoms with Gasteiger partial charge in [-0.1, -0.05) is 35.9 Å². The first-order chi connectivity index (χ1) is 8.60. The molecule has 18 heavy (non-hydrogen) atoms. The van der Waals surface area contributed by atoms with Crippen molar-refractivity contribution in [2.75, 3.05) is 0 Å². The summed E-state index contributed by atoms with van der Waals surface area (Å²) in [5.74, 6) is 0. The summed E-state index contributed by atoms with van der Waals surface area (Å²) in [6.07, 6.45) is 9.05. The van der Waals surface area contributed by atoms with E-state index >= 15 is 0 Å². The van der Waals surface area contributed by atoms with Crippen molar-refractivity contribution in [1.29, 1.82) is 0 Å². The molecule has 2 nitrogen and oxygen atoms in total. The van der Waals surface area contributed by atoms with Crippen molar-refractivity contribution in [1.82, 2.24) is 0 Å². The first-order valence-corrected chi connectivity index (χ1v) is 7.43. The van der Waals surface area contributed by atoms with Gasteiger partial charge in [0.1, 0.15) is 0 Å². The molecule has 0 aromatic heterocycles. The molecule has 1 aromatic rings. The zero-order valence-electron chi connectivity index (χ0n) is 10.3. The van der Waals surface area contributed by atoms with E-state index in [0.717, 1.165) is 12.8 Å². The Hall–Kier alpha value is -1.61. The Morgan fingerprint density at radius 3 is 2.50 bits per heavy atom. The first-order valence-electron chi connectivity index (χ1n) is 5.95. The lowest BCUT2D eigenvalue weighted by Gasteiger charge is -2.07. The Balaban J connectivity index is 2.47. The number of rotatable bonds is 2. The Morgan fingerprint density at radius 1 is 1.06 bits per heavy atom. The molecule has 3 heteroatoms. The third-order valence-electron chi connectivity index (χ3n) is 2.88. The van der Waals surface area contributed by atoms with Crippen molar-refractivity contribution in [2.24, 2.45) is 0 Å². The summed E-state index contributed by atoms with van der Waals surface area (Å²) in [5.41, 5.74) is 1.19. The molecule has 94 valence electrons. The Morgan fingerprint density at radius 2 is 1.78 bits per heavy atom. The monoisotopic (exact) mass is 260 g/mol. The van der Waals surface area contributed by atoms with E-state index in [0.29, 0.717) is 9.80 Å². The van der Waals surface area contributed by atoms with Gasteiger partial charge in [-0.05, 0) is 44.1 Å². The largest absolute Gasteiger partial charge is 0.219 e. The number of sulfone groups is 1. The molecule has 0 atom stereocenters. The van der Waals surface area contributed by atoms with Crippen LogP contribution in [0.15, 0.2) is 70.0 Å². The molecule has 0 saturated carbocycles. The number of hydrogen-bond acceptors (Lipinski definition) is 2. The van der Waals surface area contributed by atoms with Crippen LogP contribution in [0, 0.1) is 0 Å². The van der Waals surface area contributed by atoms with Crippen molar-refractivity contribution in [3.05, 3.63) is 65.1 Å². The smallest absolute Gasteiger partial charge is 0.206 e. The Kier molecular flexibility index (Phi) is 3.82. The summed E-state index contributed by atoms with van der Waals surface area (Å²) < 4.78 is 24.8. The summed E-state index contributed by atoms with van der Waals surface area (Å²) in [7, 11) is -3.40. The van der Waals surface area contributed by atoms with Gasteiger partial charge in [0.25, 0.3) is 0 Å². The molecule has 0 N–H and O–H groups in total. The SMILES string of the molecule is CC1=CC=C(S(=O)(=O)c2ccccc2)C=CCC1. The second-order valence-electron chi connectivity index (χ2n) is 4.34. The fourth-order valence-electron chi connectivity index (χ4n) is 1.79. The molecule has 0 spiro atoms. The predicted octanol–water partition coefficient (Wildman–Crippen LogP) is 3.64. The fraction of sp³-hybridized carbons (Fsp3) is 0.200.